The molecule has 2 rings (SSSR count). The van der Waals surface area contributed by atoms with Crippen LogP contribution in [0, 0.1) is 5.94 Å². The van der Waals surface area contributed by atoms with Crippen LogP contribution >= 0.6 is 11.8 Å². The monoisotopic (exact) mass is 189 g/mol. The van der Waals surface area contributed by atoms with Gasteiger partial charge < -0.3 is 4.74 Å². The summed E-state index contributed by atoms with van der Waals surface area (Å²) in [6.07, 6.45) is 6.03. The highest BCUT2D eigenvalue weighted by molar-refractivity contribution is 8.03. The topological polar surface area (TPSA) is 9.23 Å². The molecule has 65 valence electrons. The molecular weight excluding hydrogens is 180 g/mol. The minimum Gasteiger partial charge on any atom is -0.474 e. The van der Waals surface area contributed by atoms with E-state index in [-0.39, 0.29) is 0 Å². The number of ether oxygens (including phenoxy) is 1. The Labute approximate surface area is 82.1 Å². The van der Waals surface area contributed by atoms with Gasteiger partial charge in [-0.2, -0.15) is 0 Å². The molecule has 1 aliphatic rings. The average Bonchev–Trinajstić information content (AvgIpc) is 2.28. The second-order valence-corrected chi connectivity index (χ2v) is 3.31. The smallest absolute Gasteiger partial charge is 0.194 e. The van der Waals surface area contributed by atoms with Gasteiger partial charge >= 0.3 is 0 Å². The summed E-state index contributed by atoms with van der Waals surface area (Å²) in [7, 11) is 0. The van der Waals surface area contributed by atoms with Gasteiger partial charge in [0.2, 0.25) is 0 Å². The van der Waals surface area contributed by atoms with Gasteiger partial charge in [-0.05, 0) is 11.5 Å². The molecule has 0 spiro atoms. The summed E-state index contributed by atoms with van der Waals surface area (Å²) in [6.45, 7) is 0. The van der Waals surface area contributed by atoms with E-state index >= 15 is 0 Å². The molecule has 0 unspecified atom stereocenters. The van der Waals surface area contributed by atoms with Crippen molar-refractivity contribution in [3.05, 3.63) is 53.3 Å². The van der Waals surface area contributed by atoms with E-state index < -0.39 is 0 Å². The third kappa shape index (κ3) is 2.16. The average molecular weight is 189 g/mol. The fraction of sp³-hybridized carbons (Fsp3) is 0. The quantitative estimate of drug-likeness (QED) is 0.618. The van der Waals surface area contributed by atoms with Crippen LogP contribution in [0.1, 0.15) is 5.56 Å². The van der Waals surface area contributed by atoms with Crippen molar-refractivity contribution in [3.63, 3.8) is 0 Å². The lowest BCUT2D eigenvalue weighted by Gasteiger charge is -2.05. The first-order valence-electron chi connectivity index (χ1n) is 4.03. The zero-order valence-corrected chi connectivity index (χ0v) is 7.83. The van der Waals surface area contributed by atoms with Crippen molar-refractivity contribution >= 4 is 17.8 Å². The van der Waals surface area contributed by atoms with Gasteiger partial charge in [0.25, 0.3) is 0 Å². The van der Waals surface area contributed by atoms with Crippen LogP contribution < -0.4 is 4.74 Å². The Morgan fingerprint density at radius 3 is 3.00 bits per heavy atom. The van der Waals surface area contributed by atoms with Gasteiger partial charge in [-0.25, -0.2) is 0 Å². The normalized spacial score (nSPS) is 15.1. The fourth-order valence-corrected chi connectivity index (χ4v) is 1.49. The second kappa shape index (κ2) is 4.19. The van der Waals surface area contributed by atoms with Crippen LogP contribution in [-0.2, 0) is 0 Å². The largest absolute Gasteiger partial charge is 0.474 e. The lowest BCUT2D eigenvalue weighted by atomic mass is 10.2. The molecule has 1 aromatic rings. The van der Waals surface area contributed by atoms with Crippen LogP contribution in [0.4, 0.5) is 0 Å². The first kappa shape index (κ1) is 8.45. The molecule has 1 aromatic carbocycles. The Bertz CT molecular complexity index is 342. The maximum absolute atomic E-state index is 5.44. The summed E-state index contributed by atoms with van der Waals surface area (Å²) in [5.74, 6) is 2.62. The SMILES string of the molecule is [CH]1Oc2ccccc2C=CC=CS1. The van der Waals surface area contributed by atoms with Crippen molar-refractivity contribution in [1.82, 2.24) is 0 Å². The molecule has 13 heavy (non-hydrogen) atoms. The first-order valence-corrected chi connectivity index (χ1v) is 4.97. The van der Waals surface area contributed by atoms with Gasteiger partial charge in [0.15, 0.2) is 5.94 Å². The van der Waals surface area contributed by atoms with E-state index in [1.54, 1.807) is 5.94 Å². The number of para-hydroxylation sites is 1. The Hall–Kier alpha value is -1.15. The van der Waals surface area contributed by atoms with Gasteiger partial charge in [-0.1, -0.05) is 48.2 Å². The van der Waals surface area contributed by atoms with Crippen molar-refractivity contribution in [1.29, 1.82) is 0 Å². The maximum Gasteiger partial charge on any atom is 0.194 e. The standard InChI is InChI=1S/C11H9OS/c1-2-7-11-10(5-1)6-3-4-8-13-9-12-11/h1-9H. The number of allylic oxidation sites excluding steroid dienone is 2. The molecule has 0 N–H and O–H groups in total. The zero-order valence-electron chi connectivity index (χ0n) is 7.01. The Morgan fingerprint density at radius 2 is 2.00 bits per heavy atom. The van der Waals surface area contributed by atoms with Gasteiger partial charge in [-0.3, -0.25) is 0 Å². The van der Waals surface area contributed by atoms with Crippen LogP contribution in [-0.4, -0.2) is 0 Å². The van der Waals surface area contributed by atoms with Crippen LogP contribution in [0.25, 0.3) is 6.08 Å². The van der Waals surface area contributed by atoms with Crippen LogP contribution in [0.15, 0.2) is 41.8 Å². The van der Waals surface area contributed by atoms with E-state index in [1.807, 2.05) is 47.9 Å². The fourth-order valence-electron chi connectivity index (χ4n) is 1.09. The molecule has 0 bridgehead atoms. The summed E-state index contributed by atoms with van der Waals surface area (Å²) in [5.41, 5.74) is 1.10. The highest BCUT2D eigenvalue weighted by Gasteiger charge is 1.99. The van der Waals surface area contributed by atoms with E-state index in [0.717, 1.165) is 11.3 Å². The Balaban J connectivity index is 2.35. The summed E-state index contributed by atoms with van der Waals surface area (Å²) in [6, 6.07) is 7.96. The molecule has 0 amide bonds. The van der Waals surface area contributed by atoms with E-state index in [1.165, 1.54) is 11.8 Å². The lowest BCUT2D eigenvalue weighted by Crippen LogP contribution is -1.87. The molecule has 0 saturated carbocycles. The van der Waals surface area contributed by atoms with E-state index in [4.69, 9.17) is 4.74 Å². The highest BCUT2D eigenvalue weighted by Crippen LogP contribution is 2.23. The summed E-state index contributed by atoms with van der Waals surface area (Å²) < 4.78 is 5.44. The predicted octanol–water partition coefficient (Wildman–Crippen LogP) is 3.46. The van der Waals surface area contributed by atoms with Crippen LogP contribution in [0.2, 0.25) is 0 Å². The second-order valence-electron chi connectivity index (χ2n) is 2.58. The molecule has 1 aliphatic heterocycles. The van der Waals surface area contributed by atoms with Gasteiger partial charge in [0, 0.05) is 5.56 Å². The third-order valence-electron chi connectivity index (χ3n) is 1.69. The van der Waals surface area contributed by atoms with Crippen molar-refractivity contribution in [2.24, 2.45) is 0 Å². The third-order valence-corrected chi connectivity index (χ3v) is 2.22. The Morgan fingerprint density at radius 1 is 1.08 bits per heavy atom. The summed E-state index contributed by atoms with van der Waals surface area (Å²) >= 11 is 1.53. The molecule has 1 nitrogen and oxygen atoms in total. The van der Waals surface area contributed by atoms with Crippen molar-refractivity contribution in [3.8, 4) is 5.75 Å². The van der Waals surface area contributed by atoms with Crippen molar-refractivity contribution < 1.29 is 4.74 Å². The number of hydrogen-bond acceptors (Lipinski definition) is 2. The van der Waals surface area contributed by atoms with Crippen molar-refractivity contribution in [2.45, 2.75) is 0 Å². The Kier molecular flexibility index (Phi) is 2.72. The molecule has 0 fully saturated rings. The van der Waals surface area contributed by atoms with Gasteiger partial charge in [-0.15, -0.1) is 0 Å². The molecule has 0 atom stereocenters. The molecule has 0 aliphatic carbocycles. The minimum absolute atomic E-state index is 0.898. The number of fused-ring (bicyclic) bond motifs is 1. The minimum atomic E-state index is 0.898. The number of hydrogen-bond donors (Lipinski definition) is 0. The number of rotatable bonds is 0. The first-order chi connectivity index (χ1) is 6.47. The van der Waals surface area contributed by atoms with Crippen LogP contribution in [0.3, 0.4) is 0 Å². The van der Waals surface area contributed by atoms with Gasteiger partial charge in [0.05, 0.1) is 0 Å². The number of benzene rings is 1. The van der Waals surface area contributed by atoms with Crippen LogP contribution in [0.5, 0.6) is 5.75 Å². The van der Waals surface area contributed by atoms with Crippen molar-refractivity contribution in [2.75, 3.05) is 0 Å². The zero-order chi connectivity index (χ0) is 8.93. The molecule has 2 heteroatoms. The summed E-state index contributed by atoms with van der Waals surface area (Å²) in [5, 5.41) is 1.97. The lowest BCUT2D eigenvalue weighted by molar-refractivity contribution is 0.456. The van der Waals surface area contributed by atoms with E-state index in [9.17, 15) is 0 Å². The highest BCUT2D eigenvalue weighted by atomic mass is 32.2. The molecule has 1 radical (unpaired) electrons. The molecule has 0 aromatic heterocycles. The number of thioether (sulfide) groups is 1. The maximum atomic E-state index is 5.44. The van der Waals surface area contributed by atoms with E-state index in [2.05, 4.69) is 0 Å². The van der Waals surface area contributed by atoms with Gasteiger partial charge in [0.1, 0.15) is 5.75 Å². The molecular formula is C11H9OS. The predicted molar refractivity (Wildman–Crippen MR) is 57.1 cm³/mol. The summed E-state index contributed by atoms with van der Waals surface area (Å²) in [4.78, 5) is 0. The molecule has 1 heterocycles. The van der Waals surface area contributed by atoms with E-state index in [0.29, 0.717) is 0 Å². The molecule has 0 saturated heterocycles.